The number of nitriles is 5. The van der Waals surface area contributed by atoms with Crippen LogP contribution in [-0.2, 0) is 4.74 Å². The van der Waals surface area contributed by atoms with E-state index in [4.69, 9.17) is 31.0 Å². The van der Waals surface area contributed by atoms with Gasteiger partial charge in [0.1, 0.15) is 30.3 Å². The van der Waals surface area contributed by atoms with Crippen molar-refractivity contribution >= 4 is 0 Å². The second kappa shape index (κ2) is 4.59. The highest BCUT2D eigenvalue weighted by Gasteiger charge is 2.57. The molecule has 0 aliphatic rings. The molecule has 0 aromatic heterocycles. The molecule has 0 unspecified atom stereocenters. The fraction of sp³-hybridized carbons (Fsp3) is 0.444. The molecule has 0 bridgehead atoms. The lowest BCUT2D eigenvalue weighted by Gasteiger charge is -2.24. The van der Waals surface area contributed by atoms with Crippen molar-refractivity contribution in [3.05, 3.63) is 0 Å². The largest absolute Gasteiger partial charge is 0.345 e. The van der Waals surface area contributed by atoms with Crippen LogP contribution in [0.2, 0.25) is 0 Å². The van der Waals surface area contributed by atoms with E-state index >= 15 is 0 Å². The molecule has 0 spiro atoms. The molecule has 0 saturated heterocycles. The van der Waals surface area contributed by atoms with Crippen molar-refractivity contribution in [3.8, 4) is 30.3 Å². The van der Waals surface area contributed by atoms with E-state index in [9.17, 15) is 0 Å². The minimum absolute atomic E-state index is 0.0616. The minimum atomic E-state index is -2.44. The molecule has 15 heavy (non-hydrogen) atoms. The average molecular weight is 199 g/mol. The van der Waals surface area contributed by atoms with Gasteiger partial charge in [0.15, 0.2) is 0 Å². The molecule has 0 aliphatic heterocycles. The minimum Gasteiger partial charge on any atom is -0.345 e. The van der Waals surface area contributed by atoms with Crippen LogP contribution in [0.15, 0.2) is 0 Å². The molecule has 6 nitrogen and oxygen atoms in total. The average Bonchev–Trinajstić information content (AvgIpc) is 2.30. The third kappa shape index (κ3) is 1.56. The summed E-state index contributed by atoms with van der Waals surface area (Å²) in [6.07, 6.45) is 0. The van der Waals surface area contributed by atoms with Gasteiger partial charge in [-0.1, -0.05) is 0 Å². The van der Waals surface area contributed by atoms with Crippen molar-refractivity contribution in [1.82, 2.24) is 0 Å². The highest BCUT2D eigenvalue weighted by Crippen LogP contribution is 2.32. The lowest BCUT2D eigenvalue weighted by molar-refractivity contribution is 0.0139. The molecule has 0 aliphatic carbocycles. The van der Waals surface area contributed by atoms with E-state index in [-0.39, 0.29) is 6.61 Å². The molecular weight excluding hydrogens is 194 g/mol. The first-order valence-corrected chi connectivity index (χ1v) is 3.82. The second-order valence-electron chi connectivity index (χ2n) is 2.42. The van der Waals surface area contributed by atoms with Crippen LogP contribution in [0.3, 0.4) is 0 Å². The van der Waals surface area contributed by atoms with Crippen LogP contribution in [0.25, 0.3) is 0 Å². The summed E-state index contributed by atoms with van der Waals surface area (Å²) in [5, 5.41) is 43.7. The molecule has 72 valence electrons. The van der Waals surface area contributed by atoms with Gasteiger partial charge in [0, 0.05) is 6.61 Å². The van der Waals surface area contributed by atoms with Gasteiger partial charge in [-0.25, -0.2) is 0 Å². The van der Waals surface area contributed by atoms with Gasteiger partial charge >= 0.3 is 0 Å². The van der Waals surface area contributed by atoms with Gasteiger partial charge in [-0.2, -0.15) is 26.3 Å². The Morgan fingerprint density at radius 1 is 0.867 bits per heavy atom. The van der Waals surface area contributed by atoms with Crippen LogP contribution in [0.5, 0.6) is 0 Å². The molecule has 0 radical (unpaired) electrons. The van der Waals surface area contributed by atoms with Crippen LogP contribution >= 0.6 is 0 Å². The standard InChI is InChI=1S/C9H5N5O/c1-2-15-9(6-13,7-14)8(3-10,4-11)5-12/h2H2,1H3. The van der Waals surface area contributed by atoms with Crippen molar-refractivity contribution < 1.29 is 4.74 Å². The normalized spacial score (nSPS) is 9.87. The zero-order valence-electron chi connectivity index (χ0n) is 7.85. The zero-order chi connectivity index (χ0) is 11.9. The summed E-state index contributed by atoms with van der Waals surface area (Å²) in [5.74, 6) is 0. The number of ether oxygens (including phenoxy) is 1. The van der Waals surface area contributed by atoms with Crippen molar-refractivity contribution in [2.45, 2.75) is 12.5 Å². The zero-order valence-corrected chi connectivity index (χ0v) is 7.85. The van der Waals surface area contributed by atoms with Crippen LogP contribution in [0.4, 0.5) is 0 Å². The molecule has 6 heteroatoms. The van der Waals surface area contributed by atoms with E-state index in [0.29, 0.717) is 0 Å². The van der Waals surface area contributed by atoms with Crippen LogP contribution in [0.1, 0.15) is 6.92 Å². The SMILES string of the molecule is CCOC(C#N)(C#N)C(C#N)(C#N)C#N. The van der Waals surface area contributed by atoms with Crippen LogP contribution in [-0.4, -0.2) is 12.2 Å². The lowest BCUT2D eigenvalue weighted by atomic mass is 9.76. The molecule has 0 amide bonds. The molecule has 0 fully saturated rings. The maximum Gasteiger partial charge on any atom is 0.286 e. The first-order chi connectivity index (χ1) is 7.11. The first-order valence-electron chi connectivity index (χ1n) is 3.82. The van der Waals surface area contributed by atoms with Gasteiger partial charge in [0.05, 0.1) is 0 Å². The first kappa shape index (κ1) is 12.4. The second-order valence-corrected chi connectivity index (χ2v) is 2.42. The van der Waals surface area contributed by atoms with E-state index in [1.54, 1.807) is 0 Å². The lowest BCUT2D eigenvalue weighted by Crippen LogP contribution is -2.46. The Labute approximate surface area is 86.7 Å². The van der Waals surface area contributed by atoms with E-state index < -0.39 is 11.0 Å². The molecular formula is C9H5N5O. The van der Waals surface area contributed by atoms with E-state index in [1.165, 1.54) is 37.3 Å². The predicted molar refractivity (Wildman–Crippen MR) is 44.9 cm³/mol. The summed E-state index contributed by atoms with van der Waals surface area (Å²) >= 11 is 0. The fourth-order valence-corrected chi connectivity index (χ4v) is 0.893. The van der Waals surface area contributed by atoms with Crippen LogP contribution < -0.4 is 0 Å². The number of hydrogen-bond donors (Lipinski definition) is 0. The number of hydrogen-bond acceptors (Lipinski definition) is 6. The van der Waals surface area contributed by atoms with Gasteiger partial charge in [-0.15, -0.1) is 0 Å². The highest BCUT2D eigenvalue weighted by molar-refractivity contribution is 5.44. The summed E-state index contributed by atoms with van der Waals surface area (Å²) in [4.78, 5) is 0. The van der Waals surface area contributed by atoms with E-state index in [2.05, 4.69) is 0 Å². The Balaban J connectivity index is 5.82. The number of nitrogens with zero attached hydrogens (tertiary/aromatic N) is 5. The van der Waals surface area contributed by atoms with Crippen LogP contribution in [0, 0.1) is 62.1 Å². The molecule has 0 aromatic carbocycles. The summed E-state index contributed by atoms with van der Waals surface area (Å²) in [7, 11) is 0. The predicted octanol–water partition coefficient (Wildman–Crippen LogP) is 0.366. The summed E-state index contributed by atoms with van der Waals surface area (Å²) in [5.41, 5.74) is -4.81. The van der Waals surface area contributed by atoms with E-state index in [1.807, 2.05) is 0 Å². The number of rotatable bonds is 3. The smallest absolute Gasteiger partial charge is 0.286 e. The Hall–Kier alpha value is -2.59. The van der Waals surface area contributed by atoms with Gasteiger partial charge in [-0.3, -0.25) is 0 Å². The van der Waals surface area contributed by atoms with Gasteiger partial charge in [-0.05, 0) is 6.92 Å². The van der Waals surface area contributed by atoms with Gasteiger partial charge in [0.25, 0.3) is 11.0 Å². The Kier molecular flexibility index (Phi) is 3.80. The van der Waals surface area contributed by atoms with E-state index in [0.717, 1.165) is 0 Å². The molecule has 0 saturated carbocycles. The Morgan fingerprint density at radius 2 is 1.27 bits per heavy atom. The highest BCUT2D eigenvalue weighted by atomic mass is 16.5. The summed E-state index contributed by atoms with van der Waals surface area (Å²) in [6.45, 7) is 1.42. The topological polar surface area (TPSA) is 128 Å². The molecule has 0 rings (SSSR count). The Bertz CT molecular complexity index is 397. The molecule has 0 heterocycles. The quantitative estimate of drug-likeness (QED) is 0.645. The van der Waals surface area contributed by atoms with Crippen molar-refractivity contribution in [1.29, 1.82) is 26.3 Å². The van der Waals surface area contributed by atoms with Crippen molar-refractivity contribution in [2.75, 3.05) is 6.61 Å². The molecule has 0 N–H and O–H groups in total. The monoisotopic (exact) mass is 199 g/mol. The van der Waals surface area contributed by atoms with Gasteiger partial charge in [0.2, 0.25) is 0 Å². The maximum absolute atomic E-state index is 8.79. The van der Waals surface area contributed by atoms with Crippen molar-refractivity contribution in [2.24, 2.45) is 5.41 Å². The summed E-state index contributed by atoms with van der Waals surface area (Å²) < 4.78 is 4.78. The molecule has 0 aromatic rings. The third-order valence-corrected chi connectivity index (χ3v) is 1.71. The fourth-order valence-electron chi connectivity index (χ4n) is 0.893. The summed E-state index contributed by atoms with van der Waals surface area (Å²) in [6, 6.07) is 6.87. The molecule has 0 atom stereocenters. The Morgan fingerprint density at radius 3 is 1.47 bits per heavy atom. The maximum atomic E-state index is 8.79. The third-order valence-electron chi connectivity index (χ3n) is 1.71. The van der Waals surface area contributed by atoms with Gasteiger partial charge < -0.3 is 4.74 Å². The van der Waals surface area contributed by atoms with Crippen molar-refractivity contribution in [3.63, 3.8) is 0 Å².